The lowest BCUT2D eigenvalue weighted by molar-refractivity contribution is 0.200. The number of hydrogen-bond donors (Lipinski definition) is 1. The van der Waals surface area contributed by atoms with Crippen molar-refractivity contribution in [2.45, 2.75) is 24.3 Å². The van der Waals surface area contributed by atoms with Crippen molar-refractivity contribution in [3.63, 3.8) is 0 Å². The van der Waals surface area contributed by atoms with Gasteiger partial charge in [-0.15, -0.1) is 11.8 Å². The fraction of sp³-hybridized carbons (Fsp3) is 0.267. The summed E-state index contributed by atoms with van der Waals surface area (Å²) in [4.78, 5) is 5.29. The zero-order chi connectivity index (χ0) is 13.7. The Kier molecular flexibility index (Phi) is 5.43. The Hall–Kier alpha value is -0.840. The molecule has 1 aromatic carbocycles. The summed E-state index contributed by atoms with van der Waals surface area (Å²) in [5.74, 6) is 0.690. The van der Waals surface area contributed by atoms with Gasteiger partial charge in [-0.2, -0.15) is 0 Å². The SMILES string of the molecule is Cc1ccc(SCC(O)Cc2cncc(Br)c2)cc1. The van der Waals surface area contributed by atoms with Gasteiger partial charge in [0.15, 0.2) is 0 Å². The van der Waals surface area contributed by atoms with Crippen LogP contribution in [0.3, 0.4) is 0 Å². The van der Waals surface area contributed by atoms with E-state index in [2.05, 4.69) is 52.1 Å². The monoisotopic (exact) mass is 337 g/mol. The number of pyridine rings is 1. The van der Waals surface area contributed by atoms with E-state index in [0.717, 1.165) is 10.0 Å². The number of aromatic nitrogens is 1. The standard InChI is InChI=1S/C15H16BrNOS/c1-11-2-4-15(5-3-11)19-10-14(18)7-12-6-13(16)9-17-8-12/h2-6,8-9,14,18H,7,10H2,1H3. The minimum Gasteiger partial charge on any atom is -0.392 e. The smallest absolute Gasteiger partial charge is 0.0674 e. The second-order valence-electron chi connectivity index (χ2n) is 4.49. The van der Waals surface area contributed by atoms with Crippen LogP contribution in [-0.4, -0.2) is 21.9 Å². The lowest BCUT2D eigenvalue weighted by atomic mass is 10.1. The fourth-order valence-corrected chi connectivity index (χ4v) is 2.97. The van der Waals surface area contributed by atoms with E-state index in [1.165, 1.54) is 10.5 Å². The van der Waals surface area contributed by atoms with E-state index in [9.17, 15) is 5.11 Å². The number of thioether (sulfide) groups is 1. The van der Waals surface area contributed by atoms with Gasteiger partial charge in [-0.05, 0) is 46.6 Å². The molecule has 0 saturated carbocycles. The first-order valence-electron chi connectivity index (χ1n) is 6.10. The summed E-state index contributed by atoms with van der Waals surface area (Å²) < 4.78 is 0.948. The molecule has 1 N–H and O–H groups in total. The molecule has 0 saturated heterocycles. The third-order valence-corrected chi connectivity index (χ3v) is 4.29. The number of aliphatic hydroxyl groups is 1. The number of hydrogen-bond acceptors (Lipinski definition) is 3. The molecule has 1 atom stereocenters. The van der Waals surface area contributed by atoms with Crippen molar-refractivity contribution in [1.82, 2.24) is 4.98 Å². The highest BCUT2D eigenvalue weighted by atomic mass is 79.9. The topological polar surface area (TPSA) is 33.1 Å². The highest BCUT2D eigenvalue weighted by Gasteiger charge is 2.07. The molecule has 0 aliphatic rings. The molecule has 2 rings (SSSR count). The van der Waals surface area contributed by atoms with Crippen LogP contribution in [0, 0.1) is 6.92 Å². The maximum absolute atomic E-state index is 10.0. The molecule has 1 heterocycles. The lowest BCUT2D eigenvalue weighted by Crippen LogP contribution is -2.13. The second-order valence-corrected chi connectivity index (χ2v) is 6.50. The Morgan fingerprint density at radius 2 is 2.00 bits per heavy atom. The van der Waals surface area contributed by atoms with Gasteiger partial charge in [0.05, 0.1) is 6.10 Å². The first kappa shape index (κ1) is 14.6. The van der Waals surface area contributed by atoms with Gasteiger partial charge in [0.1, 0.15) is 0 Å². The van der Waals surface area contributed by atoms with Gasteiger partial charge in [-0.1, -0.05) is 17.7 Å². The van der Waals surface area contributed by atoms with Crippen LogP contribution in [-0.2, 0) is 6.42 Å². The van der Waals surface area contributed by atoms with Crippen LogP contribution < -0.4 is 0 Å². The summed E-state index contributed by atoms with van der Waals surface area (Å²) >= 11 is 5.06. The summed E-state index contributed by atoms with van der Waals surface area (Å²) in [7, 11) is 0. The number of halogens is 1. The molecule has 4 heteroatoms. The molecular formula is C15H16BrNOS. The lowest BCUT2D eigenvalue weighted by Gasteiger charge is -2.10. The van der Waals surface area contributed by atoms with Gasteiger partial charge in [0, 0.05) is 33.9 Å². The molecule has 0 spiro atoms. The maximum atomic E-state index is 10.0. The average Bonchev–Trinajstić information content (AvgIpc) is 2.38. The Morgan fingerprint density at radius 3 is 2.68 bits per heavy atom. The molecule has 2 nitrogen and oxygen atoms in total. The summed E-state index contributed by atoms with van der Waals surface area (Å²) in [6.07, 6.45) is 3.81. The summed E-state index contributed by atoms with van der Waals surface area (Å²) in [5.41, 5.74) is 2.30. The molecule has 1 aromatic heterocycles. The van der Waals surface area contributed by atoms with E-state index in [-0.39, 0.29) is 6.10 Å². The zero-order valence-electron chi connectivity index (χ0n) is 10.7. The minimum absolute atomic E-state index is 0.359. The molecule has 0 aliphatic carbocycles. The summed E-state index contributed by atoms with van der Waals surface area (Å²) in [6, 6.07) is 10.4. The van der Waals surface area contributed by atoms with Crippen LogP contribution in [0.1, 0.15) is 11.1 Å². The van der Waals surface area contributed by atoms with E-state index in [1.54, 1.807) is 24.2 Å². The van der Waals surface area contributed by atoms with Gasteiger partial charge in [-0.3, -0.25) is 4.98 Å². The van der Waals surface area contributed by atoms with E-state index < -0.39 is 0 Å². The molecule has 0 radical (unpaired) electrons. The highest BCUT2D eigenvalue weighted by molar-refractivity contribution is 9.10. The van der Waals surface area contributed by atoms with E-state index in [4.69, 9.17) is 0 Å². The number of aliphatic hydroxyl groups excluding tert-OH is 1. The molecule has 2 aromatic rings. The van der Waals surface area contributed by atoms with Gasteiger partial charge >= 0.3 is 0 Å². The molecule has 100 valence electrons. The van der Waals surface area contributed by atoms with Gasteiger partial charge in [0.2, 0.25) is 0 Å². The molecule has 0 fully saturated rings. The average molecular weight is 338 g/mol. The van der Waals surface area contributed by atoms with Crippen molar-refractivity contribution < 1.29 is 5.11 Å². The molecular weight excluding hydrogens is 322 g/mol. The molecule has 19 heavy (non-hydrogen) atoms. The molecule has 0 bridgehead atoms. The summed E-state index contributed by atoms with van der Waals surface area (Å²) in [5, 5.41) is 10.0. The number of benzene rings is 1. The van der Waals surface area contributed by atoms with Gasteiger partial charge in [-0.25, -0.2) is 0 Å². The van der Waals surface area contributed by atoms with Crippen molar-refractivity contribution >= 4 is 27.7 Å². The Bertz CT molecular complexity index is 530. The predicted octanol–water partition coefficient (Wildman–Crippen LogP) is 3.85. The van der Waals surface area contributed by atoms with Crippen LogP contribution in [0.2, 0.25) is 0 Å². The number of rotatable bonds is 5. The quantitative estimate of drug-likeness (QED) is 0.841. The second kappa shape index (κ2) is 7.08. The normalized spacial score (nSPS) is 12.4. The molecule has 0 aliphatic heterocycles. The van der Waals surface area contributed by atoms with E-state index in [1.807, 2.05) is 6.07 Å². The Labute approximate surface area is 126 Å². The van der Waals surface area contributed by atoms with Gasteiger partial charge in [0.25, 0.3) is 0 Å². The summed E-state index contributed by atoms with van der Waals surface area (Å²) in [6.45, 7) is 2.07. The van der Waals surface area contributed by atoms with Crippen molar-refractivity contribution in [1.29, 1.82) is 0 Å². The van der Waals surface area contributed by atoms with Crippen molar-refractivity contribution in [2.24, 2.45) is 0 Å². The zero-order valence-corrected chi connectivity index (χ0v) is 13.1. The van der Waals surface area contributed by atoms with Crippen LogP contribution in [0.15, 0.2) is 52.1 Å². The van der Waals surface area contributed by atoms with Crippen LogP contribution >= 0.6 is 27.7 Å². The Morgan fingerprint density at radius 1 is 1.26 bits per heavy atom. The third-order valence-electron chi connectivity index (χ3n) is 2.70. The van der Waals surface area contributed by atoms with Crippen molar-refractivity contribution in [3.05, 3.63) is 58.3 Å². The van der Waals surface area contributed by atoms with Gasteiger partial charge < -0.3 is 5.11 Å². The first-order valence-corrected chi connectivity index (χ1v) is 7.88. The Balaban J connectivity index is 1.84. The molecule has 1 unspecified atom stereocenters. The largest absolute Gasteiger partial charge is 0.392 e. The van der Waals surface area contributed by atoms with E-state index in [0.29, 0.717) is 12.2 Å². The maximum Gasteiger partial charge on any atom is 0.0674 e. The van der Waals surface area contributed by atoms with Crippen LogP contribution in [0.5, 0.6) is 0 Å². The third kappa shape index (κ3) is 4.97. The minimum atomic E-state index is -0.359. The highest BCUT2D eigenvalue weighted by Crippen LogP contribution is 2.20. The van der Waals surface area contributed by atoms with E-state index >= 15 is 0 Å². The first-order chi connectivity index (χ1) is 9.13. The van der Waals surface area contributed by atoms with Crippen molar-refractivity contribution in [2.75, 3.05) is 5.75 Å². The van der Waals surface area contributed by atoms with Crippen molar-refractivity contribution in [3.8, 4) is 0 Å². The van der Waals surface area contributed by atoms with Crippen LogP contribution in [0.4, 0.5) is 0 Å². The molecule has 0 amide bonds. The number of aryl methyl sites for hydroxylation is 1. The van der Waals surface area contributed by atoms with Crippen LogP contribution in [0.25, 0.3) is 0 Å². The number of nitrogens with zero attached hydrogens (tertiary/aromatic N) is 1. The fourth-order valence-electron chi connectivity index (χ4n) is 1.73. The predicted molar refractivity (Wildman–Crippen MR) is 83.6 cm³/mol.